The molecule has 216 valence electrons. The monoisotopic (exact) mass is 554 g/mol. The van der Waals surface area contributed by atoms with E-state index in [1.54, 1.807) is 42.2 Å². The number of carbonyl (C=O) groups is 3. The molecule has 0 radical (unpaired) electrons. The fraction of sp³-hybridized carbons (Fsp3) is 0.533. The topological polar surface area (TPSA) is 126 Å². The minimum absolute atomic E-state index is 0.0262. The van der Waals surface area contributed by atoms with Crippen molar-refractivity contribution >= 4 is 24.0 Å². The first-order valence-corrected chi connectivity index (χ1v) is 13.4. The van der Waals surface area contributed by atoms with Crippen molar-refractivity contribution in [3.63, 3.8) is 0 Å². The van der Waals surface area contributed by atoms with Crippen molar-refractivity contribution in [1.82, 2.24) is 9.55 Å². The van der Waals surface area contributed by atoms with Crippen LogP contribution in [0, 0.1) is 23.7 Å². The van der Waals surface area contributed by atoms with E-state index in [1.165, 1.54) is 26.2 Å². The van der Waals surface area contributed by atoms with E-state index in [0.29, 0.717) is 12.1 Å². The average Bonchev–Trinajstić information content (AvgIpc) is 3.44. The van der Waals surface area contributed by atoms with Crippen LogP contribution < -0.4 is 0 Å². The summed E-state index contributed by atoms with van der Waals surface area (Å²) in [4.78, 5) is 42.3. The molecule has 0 saturated heterocycles. The Hall–Kier alpha value is -3.50. The normalized spacial score (nSPS) is 33.4. The number of hydrogen-bond acceptors (Lipinski definition) is 9. The lowest BCUT2D eigenvalue weighted by Gasteiger charge is -2.44. The van der Waals surface area contributed by atoms with Gasteiger partial charge in [-0.1, -0.05) is 25.5 Å². The summed E-state index contributed by atoms with van der Waals surface area (Å²) in [6.45, 7) is 9.04. The number of allylic oxidation sites excluding steroid dienone is 2. The lowest BCUT2D eigenvalue weighted by atomic mass is 9.64. The number of fused-ring (bicyclic) bond motifs is 3. The molecule has 0 spiro atoms. The Labute approximate surface area is 234 Å². The Morgan fingerprint density at radius 3 is 2.55 bits per heavy atom. The van der Waals surface area contributed by atoms with Crippen LogP contribution in [0.2, 0.25) is 0 Å². The fourth-order valence-corrected chi connectivity index (χ4v) is 6.10. The maximum atomic E-state index is 13.0. The van der Waals surface area contributed by atoms with E-state index in [0.717, 1.165) is 5.57 Å². The van der Waals surface area contributed by atoms with Crippen molar-refractivity contribution in [3.8, 4) is 0 Å². The summed E-state index contributed by atoms with van der Waals surface area (Å²) in [6.07, 6.45) is 11.8. The number of aryl methyl sites for hydroxylation is 1. The minimum Gasteiger partial charge on any atom is -0.466 e. The largest absolute Gasteiger partial charge is 0.466 e. The van der Waals surface area contributed by atoms with E-state index in [4.69, 9.17) is 18.9 Å². The molecule has 4 rings (SSSR count). The van der Waals surface area contributed by atoms with Gasteiger partial charge in [0, 0.05) is 32.2 Å². The van der Waals surface area contributed by atoms with Crippen LogP contribution in [0.25, 0.3) is 6.08 Å². The average molecular weight is 555 g/mol. The first kappa shape index (κ1) is 29.5. The van der Waals surface area contributed by atoms with E-state index < -0.39 is 41.5 Å². The predicted octanol–water partition coefficient (Wildman–Crippen LogP) is 3.28. The van der Waals surface area contributed by atoms with Gasteiger partial charge in [0.25, 0.3) is 0 Å². The first-order valence-electron chi connectivity index (χ1n) is 13.4. The van der Waals surface area contributed by atoms with E-state index in [-0.39, 0.29) is 29.2 Å². The number of aromatic nitrogens is 2. The predicted molar refractivity (Wildman–Crippen MR) is 145 cm³/mol. The minimum atomic E-state index is -2.11. The maximum absolute atomic E-state index is 13.0. The van der Waals surface area contributed by atoms with Gasteiger partial charge >= 0.3 is 17.9 Å². The molecule has 1 aromatic rings. The van der Waals surface area contributed by atoms with Crippen LogP contribution in [0.5, 0.6) is 0 Å². The Morgan fingerprint density at radius 1 is 1.23 bits per heavy atom. The van der Waals surface area contributed by atoms with Crippen LogP contribution >= 0.6 is 0 Å². The molecule has 2 aliphatic heterocycles. The Morgan fingerprint density at radius 2 is 1.95 bits per heavy atom. The van der Waals surface area contributed by atoms with E-state index in [2.05, 4.69) is 4.98 Å². The molecule has 7 atom stereocenters. The Kier molecular flexibility index (Phi) is 8.23. The quantitative estimate of drug-likeness (QED) is 0.244. The second-order valence-electron chi connectivity index (χ2n) is 11.3. The summed E-state index contributed by atoms with van der Waals surface area (Å²) in [6, 6.07) is 0. The number of methoxy groups -OCH3 is 1. The van der Waals surface area contributed by atoms with Crippen molar-refractivity contribution in [2.24, 2.45) is 30.7 Å². The molecule has 1 N–H and O–H groups in total. The van der Waals surface area contributed by atoms with Crippen LogP contribution in [0.15, 0.2) is 54.1 Å². The zero-order valence-electron chi connectivity index (χ0n) is 24.0. The number of imidazole rings is 1. The van der Waals surface area contributed by atoms with Crippen LogP contribution in [0.4, 0.5) is 0 Å². The third-order valence-corrected chi connectivity index (χ3v) is 8.02. The third-order valence-electron chi connectivity index (χ3n) is 8.02. The number of esters is 3. The molecule has 1 unspecified atom stereocenters. The van der Waals surface area contributed by atoms with Gasteiger partial charge in [-0.3, -0.25) is 4.79 Å². The number of rotatable bonds is 6. The van der Waals surface area contributed by atoms with Crippen molar-refractivity contribution in [1.29, 1.82) is 0 Å². The van der Waals surface area contributed by atoms with Gasteiger partial charge in [-0.2, -0.15) is 0 Å². The fourth-order valence-electron chi connectivity index (χ4n) is 6.10. The molecule has 0 amide bonds. The molecule has 1 aliphatic carbocycles. The second-order valence-corrected chi connectivity index (χ2v) is 11.3. The van der Waals surface area contributed by atoms with Crippen molar-refractivity contribution < 1.29 is 38.4 Å². The van der Waals surface area contributed by atoms with Gasteiger partial charge in [-0.15, -0.1) is 0 Å². The lowest BCUT2D eigenvalue weighted by Crippen LogP contribution is -2.48. The SMILES string of the molecule is COC(=O)C1=C[C@@H]2C(C[C@@H](OC(=O)C=Cc3cn(C)cn3)[C@@]3(C)C=C[C@]1(O)O3)C(C)=C[C@H](OC(C)=O)[C@H]2C(C)C. The highest BCUT2D eigenvalue weighted by Crippen LogP contribution is 2.49. The zero-order valence-corrected chi connectivity index (χ0v) is 24.0. The number of nitrogens with zero attached hydrogens (tertiary/aromatic N) is 2. The molecule has 3 heterocycles. The highest BCUT2D eigenvalue weighted by atomic mass is 16.7. The highest BCUT2D eigenvalue weighted by molar-refractivity contribution is 5.91. The maximum Gasteiger partial charge on any atom is 0.339 e. The van der Waals surface area contributed by atoms with Crippen LogP contribution in [-0.4, -0.2) is 63.3 Å². The number of aliphatic hydroxyl groups is 1. The number of hydrogen-bond donors (Lipinski definition) is 1. The summed E-state index contributed by atoms with van der Waals surface area (Å²) < 4.78 is 24.7. The summed E-state index contributed by atoms with van der Waals surface area (Å²) in [7, 11) is 3.07. The summed E-state index contributed by atoms with van der Waals surface area (Å²) in [5, 5.41) is 11.6. The highest BCUT2D eigenvalue weighted by Gasteiger charge is 2.55. The molecular formula is C30H38N2O8. The van der Waals surface area contributed by atoms with Gasteiger partial charge in [-0.25, -0.2) is 14.6 Å². The third kappa shape index (κ3) is 5.83. The molecule has 40 heavy (non-hydrogen) atoms. The van der Waals surface area contributed by atoms with Gasteiger partial charge in [0.2, 0.25) is 5.79 Å². The molecule has 0 saturated carbocycles. The van der Waals surface area contributed by atoms with E-state index in [9.17, 15) is 19.5 Å². The summed E-state index contributed by atoms with van der Waals surface area (Å²) in [5.41, 5.74) is 0.178. The Balaban J connectivity index is 1.79. The molecule has 1 aromatic heterocycles. The standard InChI is InChI=1S/C30H38N2O8/c1-17(2)27-22-13-23(28(35)37-7)30(36)11-10-29(5,40-30)25(14-21(22)18(3)12-24(27)38-19(4)33)39-26(34)9-8-20-15-32(6)16-31-20/h8-13,15-17,21-22,24-25,27,36H,14H2,1-7H3/t21?,22-,24+,25-,27+,29-,30+/m1/s1. The van der Waals surface area contributed by atoms with Crippen molar-refractivity contribution in [2.45, 2.75) is 64.6 Å². The molecule has 2 bridgehead atoms. The lowest BCUT2D eigenvalue weighted by molar-refractivity contribution is -0.216. The molecule has 10 nitrogen and oxygen atoms in total. The molecule has 3 aliphatic rings. The van der Waals surface area contributed by atoms with Gasteiger partial charge < -0.3 is 28.6 Å². The zero-order chi connectivity index (χ0) is 29.4. The van der Waals surface area contributed by atoms with Crippen molar-refractivity contribution in [2.75, 3.05) is 7.11 Å². The van der Waals surface area contributed by atoms with Gasteiger partial charge in [0.1, 0.15) is 17.8 Å². The van der Waals surface area contributed by atoms with Crippen LogP contribution in [-0.2, 0) is 40.4 Å². The Bertz CT molecular complexity index is 1290. The number of carbonyl (C=O) groups excluding carboxylic acids is 3. The summed E-state index contributed by atoms with van der Waals surface area (Å²) >= 11 is 0. The van der Waals surface area contributed by atoms with Crippen LogP contribution in [0.1, 0.15) is 46.7 Å². The summed E-state index contributed by atoms with van der Waals surface area (Å²) in [5.74, 6) is -4.70. The van der Waals surface area contributed by atoms with Gasteiger partial charge in [0.15, 0.2) is 0 Å². The number of ether oxygens (including phenoxy) is 4. The van der Waals surface area contributed by atoms with E-state index in [1.807, 2.05) is 33.9 Å². The van der Waals surface area contributed by atoms with E-state index >= 15 is 0 Å². The van der Waals surface area contributed by atoms with Gasteiger partial charge in [0.05, 0.1) is 24.7 Å². The van der Waals surface area contributed by atoms with Gasteiger partial charge in [-0.05, 0) is 62.3 Å². The molecule has 10 heteroatoms. The smallest absolute Gasteiger partial charge is 0.339 e. The molecular weight excluding hydrogens is 516 g/mol. The molecule has 0 aromatic carbocycles. The first-order chi connectivity index (χ1) is 18.8. The van der Waals surface area contributed by atoms with Crippen LogP contribution in [0.3, 0.4) is 0 Å². The van der Waals surface area contributed by atoms with Crippen molar-refractivity contribution in [3.05, 3.63) is 59.7 Å². The second kappa shape index (κ2) is 11.2. The molecule has 0 fully saturated rings.